The van der Waals surface area contributed by atoms with Crippen LogP contribution in [0, 0.1) is 5.92 Å². The lowest BCUT2D eigenvalue weighted by atomic mass is 10.0. The monoisotopic (exact) mass is 224 g/mol. The smallest absolute Gasteiger partial charge is 0.223 e. The third-order valence-electron chi connectivity index (χ3n) is 4.06. The molecule has 3 heteroatoms. The maximum absolute atomic E-state index is 12.2. The van der Waals surface area contributed by atoms with Crippen molar-refractivity contribution in [3.8, 4) is 0 Å². The van der Waals surface area contributed by atoms with Gasteiger partial charge in [-0.15, -0.1) is 0 Å². The Hall–Kier alpha value is -0.570. The molecular formula is C13H24N2O. The maximum atomic E-state index is 12.2. The van der Waals surface area contributed by atoms with Crippen molar-refractivity contribution in [1.29, 1.82) is 0 Å². The van der Waals surface area contributed by atoms with E-state index < -0.39 is 0 Å². The number of likely N-dealkylation sites (tertiary alicyclic amines) is 1. The summed E-state index contributed by atoms with van der Waals surface area (Å²) in [6, 6.07) is 0.954. The summed E-state index contributed by atoms with van der Waals surface area (Å²) in [4.78, 5) is 14.3. The van der Waals surface area contributed by atoms with Gasteiger partial charge in [0, 0.05) is 31.6 Å². The summed E-state index contributed by atoms with van der Waals surface area (Å²) < 4.78 is 0. The Morgan fingerprint density at radius 2 is 2.19 bits per heavy atom. The second-order valence-electron chi connectivity index (χ2n) is 5.33. The number of rotatable bonds is 4. The average molecular weight is 224 g/mol. The minimum absolute atomic E-state index is 0.386. The van der Waals surface area contributed by atoms with E-state index in [1.807, 2.05) is 0 Å². The first-order valence-electron chi connectivity index (χ1n) is 6.76. The van der Waals surface area contributed by atoms with Crippen LogP contribution in [-0.2, 0) is 4.79 Å². The largest absolute Gasteiger partial charge is 0.335 e. The fourth-order valence-electron chi connectivity index (χ4n) is 3.25. The van der Waals surface area contributed by atoms with Crippen molar-refractivity contribution in [2.24, 2.45) is 5.92 Å². The SMILES string of the molecule is CCCCCC(=O)N1C(C)CC2CNCC21. The average Bonchev–Trinajstić information content (AvgIpc) is 2.77. The Morgan fingerprint density at radius 3 is 2.94 bits per heavy atom. The van der Waals surface area contributed by atoms with E-state index in [4.69, 9.17) is 0 Å². The summed E-state index contributed by atoms with van der Waals surface area (Å²) in [5.41, 5.74) is 0. The molecule has 0 aromatic rings. The number of nitrogens with one attached hydrogen (secondary N) is 1. The number of hydrogen-bond acceptors (Lipinski definition) is 2. The van der Waals surface area contributed by atoms with Crippen LogP contribution in [0.15, 0.2) is 0 Å². The van der Waals surface area contributed by atoms with E-state index in [1.54, 1.807) is 0 Å². The van der Waals surface area contributed by atoms with Gasteiger partial charge in [-0.2, -0.15) is 0 Å². The predicted octanol–water partition coefficient (Wildman–Crippen LogP) is 1.78. The number of unbranched alkanes of at least 4 members (excludes halogenated alkanes) is 2. The molecule has 2 saturated heterocycles. The Balaban J connectivity index is 1.89. The number of amides is 1. The molecule has 2 rings (SSSR count). The molecule has 0 radical (unpaired) electrons. The van der Waals surface area contributed by atoms with E-state index in [0.29, 0.717) is 23.9 Å². The van der Waals surface area contributed by atoms with Gasteiger partial charge in [-0.1, -0.05) is 19.8 Å². The predicted molar refractivity (Wildman–Crippen MR) is 65.2 cm³/mol. The van der Waals surface area contributed by atoms with Crippen LogP contribution < -0.4 is 5.32 Å². The molecular weight excluding hydrogens is 200 g/mol. The lowest BCUT2D eigenvalue weighted by Gasteiger charge is -2.27. The summed E-state index contributed by atoms with van der Waals surface area (Å²) in [7, 11) is 0. The van der Waals surface area contributed by atoms with Gasteiger partial charge in [0.15, 0.2) is 0 Å². The number of carbonyl (C=O) groups is 1. The van der Waals surface area contributed by atoms with Crippen LogP contribution in [0.25, 0.3) is 0 Å². The van der Waals surface area contributed by atoms with Crippen molar-refractivity contribution in [1.82, 2.24) is 10.2 Å². The Morgan fingerprint density at radius 1 is 1.38 bits per heavy atom. The van der Waals surface area contributed by atoms with Gasteiger partial charge in [-0.05, 0) is 25.7 Å². The van der Waals surface area contributed by atoms with Gasteiger partial charge in [0.1, 0.15) is 0 Å². The zero-order valence-electron chi connectivity index (χ0n) is 10.5. The zero-order chi connectivity index (χ0) is 11.5. The minimum atomic E-state index is 0.386. The number of fused-ring (bicyclic) bond motifs is 1. The highest BCUT2D eigenvalue weighted by Gasteiger charge is 2.43. The van der Waals surface area contributed by atoms with E-state index in [9.17, 15) is 4.79 Å². The van der Waals surface area contributed by atoms with Crippen molar-refractivity contribution >= 4 is 5.91 Å². The highest BCUT2D eigenvalue weighted by Crippen LogP contribution is 2.32. The van der Waals surface area contributed by atoms with E-state index in [0.717, 1.165) is 25.9 Å². The van der Waals surface area contributed by atoms with Crippen molar-refractivity contribution in [2.75, 3.05) is 13.1 Å². The van der Waals surface area contributed by atoms with Gasteiger partial charge in [-0.25, -0.2) is 0 Å². The molecule has 0 aromatic heterocycles. The summed E-state index contributed by atoms with van der Waals surface area (Å²) in [5.74, 6) is 1.10. The highest BCUT2D eigenvalue weighted by molar-refractivity contribution is 5.77. The Bertz CT molecular complexity index is 254. The first kappa shape index (κ1) is 11.9. The van der Waals surface area contributed by atoms with Gasteiger partial charge in [0.2, 0.25) is 5.91 Å². The van der Waals surface area contributed by atoms with Crippen molar-refractivity contribution in [3.05, 3.63) is 0 Å². The minimum Gasteiger partial charge on any atom is -0.335 e. The fraction of sp³-hybridized carbons (Fsp3) is 0.923. The molecule has 2 aliphatic rings. The second-order valence-corrected chi connectivity index (χ2v) is 5.33. The molecule has 0 spiro atoms. The van der Waals surface area contributed by atoms with Crippen LogP contribution in [-0.4, -0.2) is 36.0 Å². The topological polar surface area (TPSA) is 32.3 Å². The molecule has 2 aliphatic heterocycles. The molecule has 2 fully saturated rings. The summed E-state index contributed by atoms with van der Waals surface area (Å²) in [5, 5.41) is 3.40. The quantitative estimate of drug-likeness (QED) is 0.738. The zero-order valence-corrected chi connectivity index (χ0v) is 10.5. The van der Waals surface area contributed by atoms with E-state index in [2.05, 4.69) is 24.1 Å². The first-order chi connectivity index (χ1) is 7.74. The van der Waals surface area contributed by atoms with Crippen molar-refractivity contribution in [2.45, 2.75) is 58.0 Å². The number of hydrogen-bond donors (Lipinski definition) is 1. The number of carbonyl (C=O) groups excluding carboxylic acids is 1. The van der Waals surface area contributed by atoms with E-state index in [-0.39, 0.29) is 0 Å². The third kappa shape index (κ3) is 2.24. The number of nitrogens with zero attached hydrogens (tertiary/aromatic N) is 1. The Kier molecular flexibility index (Phi) is 3.85. The maximum Gasteiger partial charge on any atom is 0.223 e. The molecule has 3 unspecified atom stereocenters. The Labute approximate surface area is 98.6 Å². The van der Waals surface area contributed by atoms with E-state index in [1.165, 1.54) is 19.3 Å². The summed E-state index contributed by atoms with van der Waals surface area (Å²) in [6.07, 6.45) is 5.37. The molecule has 16 heavy (non-hydrogen) atoms. The molecule has 3 atom stereocenters. The first-order valence-corrected chi connectivity index (χ1v) is 6.76. The molecule has 1 N–H and O–H groups in total. The fourth-order valence-corrected chi connectivity index (χ4v) is 3.25. The summed E-state index contributed by atoms with van der Waals surface area (Å²) in [6.45, 7) is 6.50. The molecule has 0 aliphatic carbocycles. The molecule has 0 bridgehead atoms. The van der Waals surface area contributed by atoms with Crippen LogP contribution in [0.4, 0.5) is 0 Å². The van der Waals surface area contributed by atoms with Crippen molar-refractivity contribution in [3.63, 3.8) is 0 Å². The highest BCUT2D eigenvalue weighted by atomic mass is 16.2. The van der Waals surface area contributed by atoms with Gasteiger partial charge in [0.25, 0.3) is 0 Å². The molecule has 2 heterocycles. The van der Waals surface area contributed by atoms with Crippen LogP contribution >= 0.6 is 0 Å². The van der Waals surface area contributed by atoms with E-state index >= 15 is 0 Å². The van der Waals surface area contributed by atoms with Crippen LogP contribution in [0.3, 0.4) is 0 Å². The van der Waals surface area contributed by atoms with Gasteiger partial charge >= 0.3 is 0 Å². The standard InChI is InChI=1S/C13H24N2O/c1-3-4-5-6-13(16)15-10(2)7-11-8-14-9-12(11)15/h10-12,14H,3-9H2,1-2H3. The normalized spacial score (nSPS) is 33.1. The van der Waals surface area contributed by atoms with Crippen LogP contribution in [0.2, 0.25) is 0 Å². The van der Waals surface area contributed by atoms with Gasteiger partial charge in [0.05, 0.1) is 0 Å². The second kappa shape index (κ2) is 5.17. The molecule has 1 amide bonds. The molecule has 0 saturated carbocycles. The molecule has 3 nitrogen and oxygen atoms in total. The van der Waals surface area contributed by atoms with Crippen molar-refractivity contribution < 1.29 is 4.79 Å². The third-order valence-corrected chi connectivity index (χ3v) is 4.06. The summed E-state index contributed by atoms with van der Waals surface area (Å²) >= 11 is 0. The lowest BCUT2D eigenvalue weighted by molar-refractivity contribution is -0.133. The van der Waals surface area contributed by atoms with Gasteiger partial charge in [-0.3, -0.25) is 4.79 Å². The molecule has 0 aromatic carbocycles. The van der Waals surface area contributed by atoms with Crippen LogP contribution in [0.1, 0.15) is 46.0 Å². The van der Waals surface area contributed by atoms with Crippen LogP contribution in [0.5, 0.6) is 0 Å². The molecule has 92 valence electrons. The lowest BCUT2D eigenvalue weighted by Crippen LogP contribution is -2.42. The van der Waals surface area contributed by atoms with Gasteiger partial charge < -0.3 is 10.2 Å².